The van der Waals surface area contributed by atoms with E-state index < -0.39 is 0 Å². The molecule has 0 unspecified atom stereocenters. The first-order chi connectivity index (χ1) is 15.2. The molecule has 0 spiro atoms. The van der Waals surface area contributed by atoms with Gasteiger partial charge in [-0.2, -0.15) is 5.10 Å². The highest BCUT2D eigenvalue weighted by Gasteiger charge is 2.24. The second kappa shape index (κ2) is 10.4. The van der Waals surface area contributed by atoms with Gasteiger partial charge in [-0.05, 0) is 44.0 Å². The van der Waals surface area contributed by atoms with Crippen LogP contribution in [0, 0.1) is 0 Å². The maximum Gasteiger partial charge on any atom is 0.318 e. The third-order valence-corrected chi connectivity index (χ3v) is 6.00. The first-order valence-electron chi connectivity index (χ1n) is 11.4. The molecule has 0 radical (unpaired) electrons. The van der Waals surface area contributed by atoms with Crippen molar-refractivity contribution in [3.63, 3.8) is 0 Å². The Morgan fingerprint density at radius 3 is 2.41 bits per heavy atom. The zero-order chi connectivity index (χ0) is 23.3. The minimum Gasteiger partial charge on any atom is -0.335 e. The van der Waals surface area contributed by atoms with Crippen LogP contribution in [0.1, 0.15) is 65.5 Å². The van der Waals surface area contributed by atoms with Crippen LogP contribution in [0.3, 0.4) is 0 Å². The van der Waals surface area contributed by atoms with Crippen LogP contribution in [0.2, 0.25) is 5.02 Å². The summed E-state index contributed by atoms with van der Waals surface area (Å²) in [5, 5.41) is 11.4. The summed E-state index contributed by atoms with van der Waals surface area (Å²) in [6.45, 7) is 8.52. The van der Waals surface area contributed by atoms with Crippen molar-refractivity contribution >= 4 is 29.4 Å². The van der Waals surface area contributed by atoms with Crippen molar-refractivity contribution < 1.29 is 9.59 Å². The number of rotatable bonds is 6. The molecular formula is C24H34ClN5O2. The van der Waals surface area contributed by atoms with Gasteiger partial charge in [0.2, 0.25) is 5.91 Å². The number of carbonyl (C=O) groups excluding carboxylic acids is 2. The van der Waals surface area contributed by atoms with E-state index in [1.807, 2.05) is 25.1 Å². The third kappa shape index (κ3) is 6.25. The molecule has 0 saturated heterocycles. The molecule has 1 aromatic heterocycles. The smallest absolute Gasteiger partial charge is 0.318 e. The molecule has 0 atom stereocenters. The van der Waals surface area contributed by atoms with Gasteiger partial charge in [-0.15, -0.1) is 0 Å². The second-order valence-corrected chi connectivity index (χ2v) is 9.84. The van der Waals surface area contributed by atoms with Crippen LogP contribution < -0.4 is 10.6 Å². The van der Waals surface area contributed by atoms with E-state index >= 15 is 0 Å². The molecule has 2 aromatic rings. The minimum absolute atomic E-state index is 0.0221. The van der Waals surface area contributed by atoms with Crippen LogP contribution in [0.4, 0.5) is 10.6 Å². The van der Waals surface area contributed by atoms with E-state index in [4.69, 9.17) is 16.7 Å². The predicted molar refractivity (Wildman–Crippen MR) is 129 cm³/mol. The van der Waals surface area contributed by atoms with Gasteiger partial charge in [0.05, 0.1) is 11.4 Å². The van der Waals surface area contributed by atoms with Crippen LogP contribution in [0.25, 0.3) is 5.69 Å². The van der Waals surface area contributed by atoms with Crippen LogP contribution in [-0.4, -0.2) is 45.8 Å². The first kappa shape index (κ1) is 24.1. The summed E-state index contributed by atoms with van der Waals surface area (Å²) in [4.78, 5) is 27.1. The van der Waals surface area contributed by atoms with Crippen molar-refractivity contribution in [3.8, 4) is 5.69 Å². The molecule has 1 aliphatic carbocycles. The lowest BCUT2D eigenvalue weighted by atomic mass is 9.92. The molecule has 1 heterocycles. The Morgan fingerprint density at radius 1 is 1.16 bits per heavy atom. The Labute approximate surface area is 195 Å². The summed E-state index contributed by atoms with van der Waals surface area (Å²) >= 11 is 6.03. The number of amides is 3. The normalized spacial score (nSPS) is 14.8. The van der Waals surface area contributed by atoms with E-state index in [9.17, 15) is 9.59 Å². The molecule has 3 amide bonds. The lowest BCUT2D eigenvalue weighted by molar-refractivity contribution is -0.116. The summed E-state index contributed by atoms with van der Waals surface area (Å²) in [7, 11) is 0. The Hall–Kier alpha value is -2.54. The van der Waals surface area contributed by atoms with E-state index in [1.54, 1.807) is 16.8 Å². The first-order valence-corrected chi connectivity index (χ1v) is 11.8. The Bertz CT molecular complexity index is 927. The summed E-state index contributed by atoms with van der Waals surface area (Å²) in [6.07, 6.45) is 5.52. The largest absolute Gasteiger partial charge is 0.335 e. The number of benzene rings is 1. The highest BCUT2D eigenvalue weighted by Crippen LogP contribution is 2.27. The fraction of sp³-hybridized carbons (Fsp3) is 0.542. The van der Waals surface area contributed by atoms with E-state index in [1.165, 1.54) is 11.3 Å². The van der Waals surface area contributed by atoms with Gasteiger partial charge < -0.3 is 15.5 Å². The molecule has 1 aromatic carbocycles. The Kier molecular flexibility index (Phi) is 7.82. The van der Waals surface area contributed by atoms with Gasteiger partial charge in [0.15, 0.2) is 0 Å². The van der Waals surface area contributed by atoms with Crippen LogP contribution >= 0.6 is 11.6 Å². The highest BCUT2D eigenvalue weighted by molar-refractivity contribution is 6.30. The summed E-state index contributed by atoms with van der Waals surface area (Å²) < 4.78 is 1.70. The average Bonchev–Trinajstić information content (AvgIpc) is 3.17. The van der Waals surface area contributed by atoms with Crippen molar-refractivity contribution in [3.05, 3.63) is 41.0 Å². The van der Waals surface area contributed by atoms with Crippen molar-refractivity contribution in [1.29, 1.82) is 0 Å². The lowest BCUT2D eigenvalue weighted by Gasteiger charge is -2.27. The van der Waals surface area contributed by atoms with E-state index in [0.717, 1.165) is 37.1 Å². The molecule has 2 N–H and O–H groups in total. The molecular weight excluding hydrogens is 426 g/mol. The van der Waals surface area contributed by atoms with Gasteiger partial charge in [0.1, 0.15) is 12.4 Å². The number of likely N-dealkylation sites (N-methyl/N-ethyl adjacent to an activating group) is 1. The van der Waals surface area contributed by atoms with E-state index in [0.29, 0.717) is 17.4 Å². The van der Waals surface area contributed by atoms with Gasteiger partial charge >= 0.3 is 6.03 Å². The summed E-state index contributed by atoms with van der Waals surface area (Å²) in [6, 6.07) is 9.18. The molecule has 1 fully saturated rings. The monoisotopic (exact) mass is 459 g/mol. The molecule has 0 aliphatic heterocycles. The van der Waals surface area contributed by atoms with E-state index in [2.05, 4.69) is 31.4 Å². The number of carbonyl (C=O) groups is 2. The standard InChI is InChI=1S/C24H34ClN5O2/c1-5-29(23(32)26-18-9-7-6-8-10-18)16-22(31)27-21-15-20(24(2,3)4)28-30(21)19-13-11-17(25)12-14-19/h11-15,18H,5-10,16H2,1-4H3,(H,26,32)(H,27,31). The third-order valence-electron chi connectivity index (χ3n) is 5.75. The molecule has 174 valence electrons. The van der Waals surface area contributed by atoms with Crippen molar-refractivity contribution in [1.82, 2.24) is 20.0 Å². The SMILES string of the molecule is CCN(CC(=O)Nc1cc(C(C)(C)C)nn1-c1ccc(Cl)cc1)C(=O)NC1CCCCC1. The van der Waals surface area contributed by atoms with Gasteiger partial charge in [-0.3, -0.25) is 4.79 Å². The molecule has 32 heavy (non-hydrogen) atoms. The molecule has 1 aliphatic rings. The highest BCUT2D eigenvalue weighted by atomic mass is 35.5. The lowest BCUT2D eigenvalue weighted by Crippen LogP contribution is -2.48. The Balaban J connectivity index is 1.73. The number of hydrogen-bond acceptors (Lipinski definition) is 3. The van der Waals surface area contributed by atoms with Crippen molar-refractivity contribution in [2.24, 2.45) is 0 Å². The number of nitrogens with zero attached hydrogens (tertiary/aromatic N) is 3. The topological polar surface area (TPSA) is 79.3 Å². The second-order valence-electron chi connectivity index (χ2n) is 9.40. The number of aromatic nitrogens is 2. The summed E-state index contributed by atoms with van der Waals surface area (Å²) in [5.74, 6) is 0.298. The Morgan fingerprint density at radius 2 is 1.81 bits per heavy atom. The van der Waals surface area contributed by atoms with Gasteiger partial charge in [-0.1, -0.05) is 51.6 Å². The van der Waals surface area contributed by atoms with Gasteiger partial charge in [0, 0.05) is 29.1 Å². The zero-order valence-corrected chi connectivity index (χ0v) is 20.2. The van der Waals surface area contributed by atoms with Crippen LogP contribution in [0.5, 0.6) is 0 Å². The quantitative estimate of drug-likeness (QED) is 0.628. The number of hydrogen-bond donors (Lipinski definition) is 2. The average molecular weight is 460 g/mol. The number of urea groups is 1. The summed E-state index contributed by atoms with van der Waals surface area (Å²) in [5.41, 5.74) is 1.46. The predicted octanol–water partition coefficient (Wildman–Crippen LogP) is 5.13. The van der Waals surface area contributed by atoms with Crippen molar-refractivity contribution in [2.45, 2.75) is 71.3 Å². The molecule has 7 nitrogen and oxygen atoms in total. The molecule has 0 bridgehead atoms. The zero-order valence-electron chi connectivity index (χ0n) is 19.4. The molecule has 3 rings (SSSR count). The fourth-order valence-electron chi connectivity index (χ4n) is 3.81. The number of halogens is 1. The number of nitrogens with one attached hydrogen (secondary N) is 2. The molecule has 8 heteroatoms. The molecule has 1 saturated carbocycles. The maximum atomic E-state index is 12.9. The van der Waals surface area contributed by atoms with E-state index in [-0.39, 0.29) is 29.9 Å². The fourth-order valence-corrected chi connectivity index (χ4v) is 3.94. The van der Waals surface area contributed by atoms with Gasteiger partial charge in [0.25, 0.3) is 0 Å². The maximum absolute atomic E-state index is 12.9. The van der Waals surface area contributed by atoms with Crippen LogP contribution in [-0.2, 0) is 10.2 Å². The van der Waals surface area contributed by atoms with Gasteiger partial charge in [-0.25, -0.2) is 9.48 Å². The van der Waals surface area contributed by atoms with Crippen molar-refractivity contribution in [2.75, 3.05) is 18.4 Å². The van der Waals surface area contributed by atoms with Crippen LogP contribution in [0.15, 0.2) is 30.3 Å². The minimum atomic E-state index is -0.263. The number of anilines is 1.